The largest absolute Gasteiger partial charge is 0.435 e. The molecule has 0 radical (unpaired) electrons. The molecule has 0 spiro atoms. The van der Waals surface area contributed by atoms with E-state index in [9.17, 15) is 31.1 Å². The van der Waals surface area contributed by atoms with Gasteiger partial charge in [-0.15, -0.1) is 0 Å². The van der Waals surface area contributed by atoms with Crippen molar-refractivity contribution in [3.8, 4) is 22.4 Å². The van der Waals surface area contributed by atoms with Crippen molar-refractivity contribution >= 4 is 5.65 Å². The fraction of sp³-hybridized carbons (Fsp3) is 0.0526. The lowest BCUT2D eigenvalue weighted by atomic mass is 10.1. The molecule has 4 aromatic rings. The summed E-state index contributed by atoms with van der Waals surface area (Å²) in [6.45, 7) is 0. The van der Waals surface area contributed by atoms with Gasteiger partial charge in [0.2, 0.25) is 0 Å². The summed E-state index contributed by atoms with van der Waals surface area (Å²) in [6.07, 6.45) is -4.88. The molecule has 4 rings (SSSR count). The third-order valence-electron chi connectivity index (χ3n) is 4.25. The summed E-state index contributed by atoms with van der Waals surface area (Å²) in [4.78, 5) is 14.9. The number of halogens is 6. The lowest BCUT2D eigenvalue weighted by Crippen LogP contribution is -2.15. The molecule has 2 aromatic carbocycles. The van der Waals surface area contributed by atoms with Gasteiger partial charge in [-0.25, -0.2) is 13.2 Å². The Labute approximate surface area is 158 Å². The van der Waals surface area contributed by atoms with Gasteiger partial charge in [0.25, 0.3) is 5.56 Å². The summed E-state index contributed by atoms with van der Waals surface area (Å²) in [5.74, 6) is -4.01. The average Bonchev–Trinajstić information content (AvgIpc) is 3.06. The summed E-state index contributed by atoms with van der Waals surface area (Å²) in [6, 6.07) is 8.90. The highest BCUT2D eigenvalue weighted by atomic mass is 19.4. The number of nitrogens with one attached hydrogen (secondary N) is 1. The quantitative estimate of drug-likeness (QED) is 0.382. The molecule has 0 aliphatic carbocycles. The smallest absolute Gasteiger partial charge is 0.339 e. The van der Waals surface area contributed by atoms with E-state index in [-0.39, 0.29) is 23.0 Å². The second-order valence-electron chi connectivity index (χ2n) is 6.12. The molecular weight excluding hydrogens is 400 g/mol. The van der Waals surface area contributed by atoms with Crippen molar-refractivity contribution in [2.24, 2.45) is 0 Å². The average molecular weight is 409 g/mol. The van der Waals surface area contributed by atoms with Crippen LogP contribution in [0, 0.1) is 17.5 Å². The standard InChI is InChI=1S/C19H9F6N3O/c20-11-7-13(22)12(21)6-10(11)14-8-15(29)28-18(26-14)16(9-4-2-1-3-5-9)17(27-28)19(23,24)25/h1-8,26H. The maximum atomic E-state index is 14.1. The Kier molecular flexibility index (Phi) is 4.21. The SMILES string of the molecule is O=c1cc(-c2cc(F)c(F)cc2F)[nH]c2c(-c3ccccc3)c(C(F)(F)F)nn12. The monoisotopic (exact) mass is 409 g/mol. The molecule has 10 heteroatoms. The molecule has 0 bridgehead atoms. The molecule has 0 saturated carbocycles. The molecule has 1 N–H and O–H groups in total. The number of benzene rings is 2. The van der Waals surface area contributed by atoms with Gasteiger partial charge >= 0.3 is 6.18 Å². The van der Waals surface area contributed by atoms with E-state index in [0.29, 0.717) is 10.6 Å². The van der Waals surface area contributed by atoms with Crippen molar-refractivity contribution in [3.63, 3.8) is 0 Å². The number of aromatic nitrogens is 3. The van der Waals surface area contributed by atoms with E-state index in [1.54, 1.807) is 6.07 Å². The summed E-state index contributed by atoms with van der Waals surface area (Å²) < 4.78 is 82.0. The van der Waals surface area contributed by atoms with Gasteiger partial charge in [0, 0.05) is 17.7 Å². The Hall–Kier alpha value is -3.56. The van der Waals surface area contributed by atoms with Crippen LogP contribution in [0.4, 0.5) is 26.3 Å². The zero-order valence-corrected chi connectivity index (χ0v) is 14.2. The molecule has 2 heterocycles. The number of hydrogen-bond donors (Lipinski definition) is 1. The normalized spacial score (nSPS) is 11.9. The first-order valence-corrected chi connectivity index (χ1v) is 8.10. The summed E-state index contributed by atoms with van der Waals surface area (Å²) in [5, 5.41) is 3.37. The molecule has 0 fully saturated rings. The minimum absolute atomic E-state index is 0.105. The van der Waals surface area contributed by atoms with Crippen molar-refractivity contribution in [2.75, 3.05) is 0 Å². The van der Waals surface area contributed by atoms with Gasteiger partial charge < -0.3 is 4.98 Å². The van der Waals surface area contributed by atoms with Crippen LogP contribution in [-0.2, 0) is 6.18 Å². The van der Waals surface area contributed by atoms with Crippen LogP contribution in [0.15, 0.2) is 53.3 Å². The third kappa shape index (κ3) is 3.16. The van der Waals surface area contributed by atoms with Crippen molar-refractivity contribution in [1.82, 2.24) is 14.6 Å². The summed E-state index contributed by atoms with van der Waals surface area (Å²) in [7, 11) is 0. The molecule has 0 amide bonds. The minimum Gasteiger partial charge on any atom is -0.339 e. The zero-order valence-electron chi connectivity index (χ0n) is 14.2. The molecule has 148 valence electrons. The van der Waals surface area contributed by atoms with Crippen molar-refractivity contribution in [2.45, 2.75) is 6.18 Å². The number of fused-ring (bicyclic) bond motifs is 1. The van der Waals surface area contributed by atoms with E-state index >= 15 is 0 Å². The molecular formula is C19H9F6N3O. The van der Waals surface area contributed by atoms with E-state index < -0.39 is 46.0 Å². The van der Waals surface area contributed by atoms with Gasteiger partial charge in [-0.1, -0.05) is 30.3 Å². The molecule has 0 unspecified atom stereocenters. The highest BCUT2D eigenvalue weighted by molar-refractivity contribution is 5.81. The number of nitrogens with zero attached hydrogens (tertiary/aromatic N) is 2. The highest BCUT2D eigenvalue weighted by Crippen LogP contribution is 2.38. The maximum absolute atomic E-state index is 14.1. The van der Waals surface area contributed by atoms with Crippen molar-refractivity contribution < 1.29 is 26.3 Å². The number of rotatable bonds is 2. The Morgan fingerprint density at radius 3 is 2.21 bits per heavy atom. The lowest BCUT2D eigenvalue weighted by molar-refractivity contribution is -0.140. The van der Waals surface area contributed by atoms with Crippen LogP contribution in [0.25, 0.3) is 28.0 Å². The van der Waals surface area contributed by atoms with Crippen LogP contribution in [0.2, 0.25) is 0 Å². The van der Waals surface area contributed by atoms with Crippen LogP contribution >= 0.6 is 0 Å². The van der Waals surface area contributed by atoms with Gasteiger partial charge in [-0.05, 0) is 11.6 Å². The molecule has 0 aliphatic rings. The summed E-state index contributed by atoms with van der Waals surface area (Å²) in [5.41, 5.74) is -3.86. The van der Waals surface area contributed by atoms with Crippen LogP contribution < -0.4 is 5.56 Å². The second kappa shape index (κ2) is 6.50. The Morgan fingerprint density at radius 1 is 0.897 bits per heavy atom. The highest BCUT2D eigenvalue weighted by Gasteiger charge is 2.39. The predicted molar refractivity (Wildman–Crippen MR) is 91.6 cm³/mol. The van der Waals surface area contributed by atoms with Crippen LogP contribution in [0.3, 0.4) is 0 Å². The molecule has 0 saturated heterocycles. The first kappa shape index (κ1) is 18.8. The van der Waals surface area contributed by atoms with Gasteiger partial charge in [0.15, 0.2) is 17.3 Å². The van der Waals surface area contributed by atoms with E-state index in [0.717, 1.165) is 6.07 Å². The number of alkyl halides is 3. The Balaban J connectivity index is 2.08. The van der Waals surface area contributed by atoms with Gasteiger partial charge in [0.05, 0.1) is 11.3 Å². The lowest BCUT2D eigenvalue weighted by Gasteiger charge is -2.08. The van der Waals surface area contributed by atoms with Crippen LogP contribution in [0.5, 0.6) is 0 Å². The Morgan fingerprint density at radius 2 is 1.55 bits per heavy atom. The van der Waals surface area contributed by atoms with Crippen LogP contribution in [0.1, 0.15) is 5.69 Å². The summed E-state index contributed by atoms with van der Waals surface area (Å²) >= 11 is 0. The third-order valence-corrected chi connectivity index (χ3v) is 4.25. The van der Waals surface area contributed by atoms with E-state index in [1.165, 1.54) is 24.3 Å². The van der Waals surface area contributed by atoms with Crippen molar-refractivity contribution in [1.29, 1.82) is 0 Å². The zero-order chi connectivity index (χ0) is 20.9. The number of H-pyrrole nitrogens is 1. The predicted octanol–water partition coefficient (Wildman–Crippen LogP) is 4.79. The molecule has 2 aromatic heterocycles. The van der Waals surface area contributed by atoms with Gasteiger partial charge in [-0.2, -0.15) is 22.8 Å². The van der Waals surface area contributed by atoms with E-state index in [1.807, 2.05) is 0 Å². The van der Waals surface area contributed by atoms with Gasteiger partial charge in [-0.3, -0.25) is 4.79 Å². The fourth-order valence-electron chi connectivity index (χ4n) is 2.99. The first-order chi connectivity index (χ1) is 13.7. The second-order valence-corrected chi connectivity index (χ2v) is 6.12. The molecule has 29 heavy (non-hydrogen) atoms. The van der Waals surface area contributed by atoms with Crippen LogP contribution in [-0.4, -0.2) is 14.6 Å². The maximum Gasteiger partial charge on any atom is 0.435 e. The first-order valence-electron chi connectivity index (χ1n) is 8.10. The number of hydrogen-bond acceptors (Lipinski definition) is 2. The minimum atomic E-state index is -4.88. The topological polar surface area (TPSA) is 50.2 Å². The fourth-order valence-corrected chi connectivity index (χ4v) is 2.99. The molecule has 0 atom stereocenters. The molecule has 0 aliphatic heterocycles. The molecule has 4 nitrogen and oxygen atoms in total. The Bertz CT molecular complexity index is 1290. The van der Waals surface area contributed by atoms with Crippen molar-refractivity contribution in [3.05, 3.63) is 82.0 Å². The van der Waals surface area contributed by atoms with E-state index in [2.05, 4.69) is 10.1 Å². The van der Waals surface area contributed by atoms with E-state index in [4.69, 9.17) is 0 Å². The van der Waals surface area contributed by atoms with Gasteiger partial charge in [0.1, 0.15) is 11.5 Å². The number of aromatic amines is 1.